The van der Waals surface area contributed by atoms with Crippen molar-refractivity contribution in [2.24, 2.45) is 5.73 Å². The van der Waals surface area contributed by atoms with E-state index in [0.717, 1.165) is 17.7 Å². The fraction of sp³-hybridized carbons (Fsp3) is 0.500. The summed E-state index contributed by atoms with van der Waals surface area (Å²) in [6, 6.07) is 3.67. The number of nitrogens with two attached hydrogens (primary N) is 1. The van der Waals surface area contributed by atoms with Crippen molar-refractivity contribution in [2.75, 3.05) is 6.54 Å². The molecule has 98 valence electrons. The van der Waals surface area contributed by atoms with E-state index in [1.165, 1.54) is 11.3 Å². The van der Waals surface area contributed by atoms with Gasteiger partial charge in [0.05, 0.1) is 16.3 Å². The summed E-state index contributed by atoms with van der Waals surface area (Å²) >= 11 is 1.40. The third-order valence-corrected chi connectivity index (χ3v) is 4.12. The van der Waals surface area contributed by atoms with Gasteiger partial charge in [-0.05, 0) is 31.9 Å². The van der Waals surface area contributed by atoms with Gasteiger partial charge in [-0.15, -0.1) is 11.3 Å². The lowest BCUT2D eigenvalue weighted by atomic mass is 9.95. The number of hydrogen-bond acceptors (Lipinski definition) is 3. The summed E-state index contributed by atoms with van der Waals surface area (Å²) in [5.41, 5.74) is 5.18. The molecule has 3 N–H and O–H groups in total. The molecule has 0 radical (unpaired) electrons. The molecule has 1 heterocycles. The van der Waals surface area contributed by atoms with Crippen molar-refractivity contribution in [3.63, 3.8) is 0 Å². The van der Waals surface area contributed by atoms with Gasteiger partial charge < -0.3 is 11.1 Å². The van der Waals surface area contributed by atoms with Gasteiger partial charge in [0.25, 0.3) is 5.91 Å². The minimum atomic E-state index is -0.135. The van der Waals surface area contributed by atoms with Crippen LogP contribution in [0.2, 0.25) is 0 Å². The van der Waals surface area contributed by atoms with Crippen LogP contribution in [0, 0.1) is 11.8 Å². The van der Waals surface area contributed by atoms with Gasteiger partial charge in [0.15, 0.2) is 0 Å². The summed E-state index contributed by atoms with van der Waals surface area (Å²) in [5, 5.41) is 3.08. The van der Waals surface area contributed by atoms with Crippen LogP contribution in [0.15, 0.2) is 12.1 Å². The van der Waals surface area contributed by atoms with Crippen LogP contribution in [0.4, 0.5) is 0 Å². The first-order valence-electron chi connectivity index (χ1n) is 6.16. The van der Waals surface area contributed by atoms with Gasteiger partial charge in [-0.2, -0.15) is 0 Å². The number of amides is 1. The Morgan fingerprint density at radius 1 is 1.44 bits per heavy atom. The Morgan fingerprint density at radius 3 is 2.67 bits per heavy atom. The first-order valence-corrected chi connectivity index (χ1v) is 6.97. The Kier molecular flexibility index (Phi) is 5.39. The second-order valence-corrected chi connectivity index (χ2v) is 5.48. The minimum absolute atomic E-state index is 0.0213. The predicted octanol–water partition coefficient (Wildman–Crippen LogP) is 2.37. The lowest BCUT2D eigenvalue weighted by molar-refractivity contribution is 0.0905. The molecule has 0 aromatic carbocycles. The molecule has 0 fully saturated rings. The third kappa shape index (κ3) is 3.86. The standard InChI is InChI=1S/C14H20N2OS/c1-4-14(3,5-2)16-13(17)12-9-8-11(18-12)7-6-10-15/h8-9H,4-5,10,15H2,1-3H3,(H,16,17). The normalized spacial score (nSPS) is 10.7. The number of thiophene rings is 1. The van der Waals surface area contributed by atoms with Crippen LogP contribution in [0.25, 0.3) is 0 Å². The van der Waals surface area contributed by atoms with Crippen LogP contribution >= 0.6 is 11.3 Å². The maximum Gasteiger partial charge on any atom is 0.261 e. The quantitative estimate of drug-likeness (QED) is 0.820. The molecule has 1 aromatic rings. The van der Waals surface area contributed by atoms with Gasteiger partial charge in [-0.3, -0.25) is 4.79 Å². The van der Waals surface area contributed by atoms with Crippen molar-refractivity contribution in [3.8, 4) is 11.8 Å². The van der Waals surface area contributed by atoms with E-state index in [2.05, 4.69) is 37.9 Å². The Labute approximate surface area is 113 Å². The topological polar surface area (TPSA) is 55.1 Å². The van der Waals surface area contributed by atoms with E-state index in [4.69, 9.17) is 5.73 Å². The summed E-state index contributed by atoms with van der Waals surface area (Å²) in [7, 11) is 0. The van der Waals surface area contributed by atoms with Crippen molar-refractivity contribution in [3.05, 3.63) is 21.9 Å². The summed E-state index contributed by atoms with van der Waals surface area (Å²) in [5.74, 6) is 5.70. The van der Waals surface area contributed by atoms with Crippen molar-refractivity contribution < 1.29 is 4.79 Å². The summed E-state index contributed by atoms with van der Waals surface area (Å²) in [6.07, 6.45) is 1.83. The molecule has 4 heteroatoms. The number of nitrogens with one attached hydrogen (secondary N) is 1. The molecule has 0 aliphatic rings. The molecule has 0 saturated carbocycles. The Hall–Kier alpha value is -1.31. The van der Waals surface area contributed by atoms with Gasteiger partial charge in [-0.1, -0.05) is 25.7 Å². The third-order valence-electron chi connectivity index (χ3n) is 3.12. The zero-order chi connectivity index (χ0) is 13.6. The van der Waals surface area contributed by atoms with Crippen LogP contribution in [0.5, 0.6) is 0 Å². The van der Waals surface area contributed by atoms with E-state index >= 15 is 0 Å². The highest BCUT2D eigenvalue weighted by molar-refractivity contribution is 7.14. The average Bonchev–Trinajstić information content (AvgIpc) is 2.85. The molecular weight excluding hydrogens is 244 g/mol. The Morgan fingerprint density at radius 2 is 2.11 bits per heavy atom. The van der Waals surface area contributed by atoms with Crippen LogP contribution in [0.1, 0.15) is 48.2 Å². The first-order chi connectivity index (χ1) is 8.54. The highest BCUT2D eigenvalue weighted by Crippen LogP contribution is 2.19. The first kappa shape index (κ1) is 14.7. The highest BCUT2D eigenvalue weighted by Gasteiger charge is 2.23. The number of hydrogen-bond donors (Lipinski definition) is 2. The second-order valence-electron chi connectivity index (χ2n) is 4.39. The molecular formula is C14H20N2OS. The maximum atomic E-state index is 12.1. The van der Waals surface area contributed by atoms with Crippen molar-refractivity contribution >= 4 is 17.2 Å². The van der Waals surface area contributed by atoms with Crippen LogP contribution < -0.4 is 11.1 Å². The SMILES string of the molecule is CCC(C)(CC)NC(=O)c1ccc(C#CCN)s1. The zero-order valence-corrected chi connectivity index (χ0v) is 12.0. The van der Waals surface area contributed by atoms with Gasteiger partial charge >= 0.3 is 0 Å². The lowest BCUT2D eigenvalue weighted by Crippen LogP contribution is -2.44. The molecule has 0 saturated heterocycles. The van der Waals surface area contributed by atoms with E-state index in [0.29, 0.717) is 11.4 Å². The molecule has 0 unspecified atom stereocenters. The van der Waals surface area contributed by atoms with E-state index in [-0.39, 0.29) is 11.4 Å². The van der Waals surface area contributed by atoms with Crippen molar-refractivity contribution in [2.45, 2.75) is 39.2 Å². The summed E-state index contributed by atoms with van der Waals surface area (Å²) in [6.45, 7) is 6.56. The number of carbonyl (C=O) groups is 1. The molecule has 0 atom stereocenters. The molecule has 0 spiro atoms. The fourth-order valence-electron chi connectivity index (χ4n) is 1.43. The Bertz CT molecular complexity index is 464. The van der Waals surface area contributed by atoms with E-state index < -0.39 is 0 Å². The van der Waals surface area contributed by atoms with E-state index in [1.54, 1.807) is 0 Å². The van der Waals surface area contributed by atoms with Crippen LogP contribution in [0.3, 0.4) is 0 Å². The predicted molar refractivity (Wildman–Crippen MR) is 76.7 cm³/mol. The van der Waals surface area contributed by atoms with Gasteiger partial charge in [-0.25, -0.2) is 0 Å². The van der Waals surface area contributed by atoms with Crippen molar-refractivity contribution in [1.82, 2.24) is 5.32 Å². The largest absolute Gasteiger partial charge is 0.346 e. The molecule has 0 aliphatic carbocycles. The van der Waals surface area contributed by atoms with Gasteiger partial charge in [0, 0.05) is 5.54 Å². The average molecular weight is 264 g/mol. The monoisotopic (exact) mass is 264 g/mol. The molecule has 0 aliphatic heterocycles. The molecule has 3 nitrogen and oxygen atoms in total. The molecule has 1 amide bonds. The van der Waals surface area contributed by atoms with E-state index in [9.17, 15) is 4.79 Å². The van der Waals surface area contributed by atoms with Crippen LogP contribution in [-0.4, -0.2) is 18.0 Å². The molecule has 18 heavy (non-hydrogen) atoms. The van der Waals surface area contributed by atoms with Crippen LogP contribution in [-0.2, 0) is 0 Å². The highest BCUT2D eigenvalue weighted by atomic mass is 32.1. The summed E-state index contributed by atoms with van der Waals surface area (Å²) in [4.78, 5) is 13.7. The lowest BCUT2D eigenvalue weighted by Gasteiger charge is -2.27. The smallest absolute Gasteiger partial charge is 0.261 e. The second kappa shape index (κ2) is 6.58. The molecule has 1 rings (SSSR count). The van der Waals surface area contributed by atoms with E-state index in [1.807, 2.05) is 12.1 Å². The minimum Gasteiger partial charge on any atom is -0.346 e. The van der Waals surface area contributed by atoms with Gasteiger partial charge in [0.1, 0.15) is 0 Å². The molecule has 1 aromatic heterocycles. The maximum absolute atomic E-state index is 12.1. The zero-order valence-electron chi connectivity index (χ0n) is 11.2. The van der Waals surface area contributed by atoms with Gasteiger partial charge in [0.2, 0.25) is 0 Å². The Balaban J connectivity index is 2.76. The van der Waals surface area contributed by atoms with Crippen molar-refractivity contribution in [1.29, 1.82) is 0 Å². The summed E-state index contributed by atoms with van der Waals surface area (Å²) < 4.78 is 0. The number of rotatable bonds is 4. The molecule has 0 bridgehead atoms. The fourth-order valence-corrected chi connectivity index (χ4v) is 2.20. The number of carbonyl (C=O) groups excluding carboxylic acids is 1.